The van der Waals surface area contributed by atoms with Crippen LogP contribution in [0.3, 0.4) is 0 Å². The first-order valence-corrected chi connectivity index (χ1v) is 5.14. The Morgan fingerprint density at radius 3 is 0.909 bits per heavy atom. The summed E-state index contributed by atoms with van der Waals surface area (Å²) in [7, 11) is 0.750. The molecule has 0 fully saturated rings. The minimum Gasteiger partial charge on any atom is -0.857 e. The molecule has 66 valence electrons. The van der Waals surface area contributed by atoms with E-state index in [4.69, 9.17) is 5.11 Å². The van der Waals surface area contributed by atoms with Gasteiger partial charge in [0.2, 0.25) is 0 Å². The van der Waals surface area contributed by atoms with E-state index in [0.29, 0.717) is 23.8 Å². The summed E-state index contributed by atoms with van der Waals surface area (Å²) >= 11 is 0.569. The summed E-state index contributed by atoms with van der Waals surface area (Å²) in [6, 6.07) is 0. The van der Waals surface area contributed by atoms with Crippen molar-refractivity contribution in [2.75, 3.05) is 7.11 Å². The van der Waals surface area contributed by atoms with E-state index in [1.807, 2.05) is 0 Å². The average Bonchev–Trinajstić information content (AvgIpc) is 1.60. The van der Waals surface area contributed by atoms with Crippen molar-refractivity contribution in [2.45, 2.75) is 50.1 Å². The van der Waals surface area contributed by atoms with Gasteiger partial charge >= 0.3 is 65.3 Å². The van der Waals surface area contributed by atoms with Gasteiger partial charge in [-0.15, -0.1) is 0 Å². The molecule has 0 aliphatic carbocycles. The molecule has 0 spiro atoms. The molecule has 0 rings (SSSR count). The standard InChI is InChI=1S/2C4H9.CH3O.Al/c2*1-4(2)3;1-2;/h2*1-3H3;1H3;/q;;-1;+1. The van der Waals surface area contributed by atoms with Gasteiger partial charge < -0.3 is 5.11 Å². The summed E-state index contributed by atoms with van der Waals surface area (Å²) in [5.41, 5.74) is 0. The van der Waals surface area contributed by atoms with Crippen LogP contribution in [0.15, 0.2) is 0 Å². The van der Waals surface area contributed by atoms with Crippen LogP contribution in [0.2, 0.25) is 8.55 Å². The summed E-state index contributed by atoms with van der Waals surface area (Å²) in [6.45, 7) is 14.0. The van der Waals surface area contributed by atoms with E-state index in [9.17, 15) is 0 Å². The van der Waals surface area contributed by atoms with Crippen molar-refractivity contribution >= 4 is 15.2 Å². The Kier molecular flexibility index (Phi) is 6.63. The van der Waals surface area contributed by atoms with Gasteiger partial charge in [-0.3, -0.25) is 0 Å². The van der Waals surface area contributed by atoms with Gasteiger partial charge in [-0.05, 0) is 0 Å². The maximum absolute atomic E-state index is 8.25. The zero-order chi connectivity index (χ0) is 9.71. The number of rotatable bonds is 0. The normalized spacial score (nSPS) is 11.3. The topological polar surface area (TPSA) is 23.1 Å². The van der Waals surface area contributed by atoms with Crippen LogP contribution in [0, 0.1) is 0 Å². The van der Waals surface area contributed by atoms with Crippen LogP contribution in [0.25, 0.3) is 0 Å². The third-order valence-corrected chi connectivity index (χ3v) is 2.60. The molecule has 0 heterocycles. The third kappa shape index (κ3) is 18.0. The Morgan fingerprint density at radius 2 is 0.909 bits per heavy atom. The maximum atomic E-state index is 8.25. The van der Waals surface area contributed by atoms with E-state index in [1.54, 1.807) is 0 Å². The molecule has 0 radical (unpaired) electrons. The predicted molar refractivity (Wildman–Crippen MR) is 51.1 cm³/mol. The third-order valence-electron chi connectivity index (χ3n) is 0.866. The summed E-state index contributed by atoms with van der Waals surface area (Å²) in [6.07, 6.45) is 0. The van der Waals surface area contributed by atoms with E-state index >= 15 is 0 Å². The Balaban J connectivity index is 0. The molecule has 0 bridgehead atoms. The SMILES string of the molecule is C[C](C)(C)[Al+][C](C)(C)C.C[O-]. The molecule has 11 heavy (non-hydrogen) atoms. The Hall–Kier alpha value is 0.492. The van der Waals surface area contributed by atoms with Gasteiger partial charge in [-0.2, -0.15) is 7.11 Å². The fraction of sp³-hybridized carbons (Fsp3) is 1.00. The Labute approximate surface area is 77.9 Å². The van der Waals surface area contributed by atoms with Crippen LogP contribution in [-0.4, -0.2) is 22.3 Å². The van der Waals surface area contributed by atoms with Gasteiger partial charge in [0.25, 0.3) is 0 Å². The molecule has 0 aliphatic rings. The van der Waals surface area contributed by atoms with Crippen molar-refractivity contribution in [1.29, 1.82) is 0 Å². The second-order valence-electron chi connectivity index (χ2n) is 4.88. The number of hydrogen-bond acceptors (Lipinski definition) is 1. The minimum absolute atomic E-state index is 0.568. The predicted octanol–water partition coefficient (Wildman–Crippen LogP) is 2.10. The maximum Gasteiger partial charge on any atom is -0.153 e. The molecule has 0 saturated heterocycles. The Morgan fingerprint density at radius 1 is 0.727 bits per heavy atom. The van der Waals surface area contributed by atoms with Crippen molar-refractivity contribution in [3.8, 4) is 0 Å². The molecule has 0 aromatic rings. The molecule has 0 N–H and O–H groups in total. The van der Waals surface area contributed by atoms with Gasteiger partial charge in [-0.1, -0.05) is 0 Å². The van der Waals surface area contributed by atoms with E-state index in [1.165, 1.54) is 0 Å². The van der Waals surface area contributed by atoms with Crippen LogP contribution < -0.4 is 5.11 Å². The molecular weight excluding hydrogens is 151 g/mol. The molecular formula is C9H21AlO. The van der Waals surface area contributed by atoms with E-state index in [2.05, 4.69) is 41.5 Å². The molecule has 0 saturated carbocycles. The van der Waals surface area contributed by atoms with Crippen molar-refractivity contribution in [3.63, 3.8) is 0 Å². The monoisotopic (exact) mass is 172 g/mol. The number of hydrogen-bond donors (Lipinski definition) is 0. The van der Waals surface area contributed by atoms with Crippen LogP contribution in [0.4, 0.5) is 0 Å². The smallest absolute Gasteiger partial charge is 0.153 e. The molecule has 1 nitrogen and oxygen atoms in total. The fourth-order valence-electron chi connectivity index (χ4n) is 1.30. The van der Waals surface area contributed by atoms with Crippen molar-refractivity contribution in [3.05, 3.63) is 0 Å². The van der Waals surface area contributed by atoms with Crippen molar-refractivity contribution in [2.24, 2.45) is 0 Å². The second kappa shape index (κ2) is 5.19. The summed E-state index contributed by atoms with van der Waals surface area (Å²) < 4.78 is 1.14. The van der Waals surface area contributed by atoms with Gasteiger partial charge in [0, 0.05) is 0 Å². The van der Waals surface area contributed by atoms with Gasteiger partial charge in [0.15, 0.2) is 0 Å². The van der Waals surface area contributed by atoms with Crippen LogP contribution in [0.5, 0.6) is 0 Å². The molecule has 2 heteroatoms. The molecule has 0 atom stereocenters. The average molecular weight is 172 g/mol. The van der Waals surface area contributed by atoms with Gasteiger partial charge in [0.1, 0.15) is 0 Å². The first kappa shape index (κ1) is 14.0. The largest absolute Gasteiger partial charge is 0.857 e. The minimum atomic E-state index is 0.568. The van der Waals surface area contributed by atoms with Crippen molar-refractivity contribution in [1.82, 2.24) is 0 Å². The summed E-state index contributed by atoms with van der Waals surface area (Å²) in [5.74, 6) is 0. The zero-order valence-electron chi connectivity index (χ0n) is 8.99. The van der Waals surface area contributed by atoms with E-state index in [-0.39, 0.29) is 0 Å². The Bertz CT molecular complexity index is 74.7. The molecule has 0 aromatic carbocycles. The first-order valence-electron chi connectivity index (χ1n) is 3.99. The van der Waals surface area contributed by atoms with Gasteiger partial charge in [-0.25, -0.2) is 0 Å². The summed E-state index contributed by atoms with van der Waals surface area (Å²) in [4.78, 5) is 0. The fourth-order valence-corrected chi connectivity index (χ4v) is 3.90. The van der Waals surface area contributed by atoms with Crippen LogP contribution in [0.1, 0.15) is 41.5 Å². The quantitative estimate of drug-likeness (QED) is 0.513. The van der Waals surface area contributed by atoms with E-state index < -0.39 is 0 Å². The van der Waals surface area contributed by atoms with E-state index in [0.717, 1.165) is 7.11 Å². The molecule has 0 amide bonds. The summed E-state index contributed by atoms with van der Waals surface area (Å²) in [5, 5.41) is 8.25. The first-order chi connectivity index (χ1) is 4.71. The van der Waals surface area contributed by atoms with Crippen LogP contribution >= 0.6 is 0 Å². The molecule has 0 aliphatic heterocycles. The van der Waals surface area contributed by atoms with Crippen molar-refractivity contribution < 1.29 is 5.11 Å². The molecule has 0 unspecified atom stereocenters. The van der Waals surface area contributed by atoms with Crippen LogP contribution in [-0.2, 0) is 0 Å². The zero-order valence-corrected chi connectivity index (χ0v) is 10.1. The van der Waals surface area contributed by atoms with Gasteiger partial charge in [0.05, 0.1) is 0 Å². The second-order valence-corrected chi connectivity index (χ2v) is 8.63. The molecule has 0 aromatic heterocycles.